The lowest BCUT2D eigenvalue weighted by molar-refractivity contribution is -0.131. The number of aromatic nitrogens is 4. The third-order valence-corrected chi connectivity index (χ3v) is 6.31. The number of carbonyl (C=O) groups is 1. The minimum Gasteiger partial charge on any atom is -0.342 e. The molecular weight excluding hydrogens is 334 g/mol. The van der Waals surface area contributed by atoms with Crippen molar-refractivity contribution in [3.63, 3.8) is 0 Å². The highest BCUT2D eigenvalue weighted by molar-refractivity contribution is 7.99. The Morgan fingerprint density at radius 1 is 1.12 bits per heavy atom. The number of hydrogen-bond acceptors (Lipinski definition) is 5. The number of para-hydroxylation sites is 1. The molecule has 25 heavy (non-hydrogen) atoms. The van der Waals surface area contributed by atoms with Gasteiger partial charge in [-0.2, -0.15) is 4.68 Å². The molecule has 1 aromatic heterocycles. The summed E-state index contributed by atoms with van der Waals surface area (Å²) >= 11 is 1.42. The maximum Gasteiger partial charge on any atom is 0.233 e. The number of likely N-dealkylation sites (tertiary alicyclic amines) is 1. The molecular formula is C18H23N5OS. The molecule has 0 unspecified atom stereocenters. The number of tetrazole rings is 1. The van der Waals surface area contributed by atoms with Crippen LogP contribution in [0.4, 0.5) is 0 Å². The molecule has 2 aromatic rings. The van der Waals surface area contributed by atoms with Crippen LogP contribution in [0.2, 0.25) is 0 Å². The minimum absolute atomic E-state index is 0.205. The summed E-state index contributed by atoms with van der Waals surface area (Å²) in [6.45, 7) is 1.85. The van der Waals surface area contributed by atoms with Gasteiger partial charge in [-0.05, 0) is 47.2 Å². The average Bonchev–Trinajstić information content (AvgIpc) is 3.15. The molecule has 4 rings (SSSR count). The number of benzene rings is 1. The van der Waals surface area contributed by atoms with Crippen molar-refractivity contribution in [2.24, 2.45) is 11.8 Å². The number of amides is 1. The van der Waals surface area contributed by atoms with E-state index in [2.05, 4.69) is 20.4 Å². The van der Waals surface area contributed by atoms with E-state index >= 15 is 0 Å². The summed E-state index contributed by atoms with van der Waals surface area (Å²) in [6.07, 6.45) is 6.50. The Labute approximate surface area is 152 Å². The van der Waals surface area contributed by atoms with Crippen LogP contribution < -0.4 is 0 Å². The van der Waals surface area contributed by atoms with Crippen molar-refractivity contribution in [2.45, 2.75) is 37.3 Å². The van der Waals surface area contributed by atoms with Crippen LogP contribution in [0, 0.1) is 11.8 Å². The van der Waals surface area contributed by atoms with Gasteiger partial charge in [0.2, 0.25) is 11.1 Å². The Kier molecular flexibility index (Phi) is 5.01. The van der Waals surface area contributed by atoms with Gasteiger partial charge in [0.25, 0.3) is 0 Å². The number of fused-ring (bicyclic) bond motifs is 1. The van der Waals surface area contributed by atoms with Crippen LogP contribution in [0.25, 0.3) is 5.69 Å². The highest BCUT2D eigenvalue weighted by atomic mass is 32.2. The van der Waals surface area contributed by atoms with Gasteiger partial charge in [0.1, 0.15) is 0 Å². The standard InChI is InChI=1S/C18H23N5OS/c24-17(22-11-10-14-6-4-5-7-15(14)12-22)13-25-18-19-20-21-23(18)16-8-2-1-3-9-16/h1-3,8-9,14-15H,4-7,10-13H2/t14-,15+/m1/s1. The summed E-state index contributed by atoms with van der Waals surface area (Å²) < 4.78 is 1.69. The molecule has 132 valence electrons. The van der Waals surface area contributed by atoms with E-state index < -0.39 is 0 Å². The second-order valence-electron chi connectivity index (χ2n) is 6.93. The van der Waals surface area contributed by atoms with Crippen molar-refractivity contribution in [3.8, 4) is 5.69 Å². The highest BCUT2D eigenvalue weighted by Gasteiger charge is 2.32. The van der Waals surface area contributed by atoms with Crippen LogP contribution >= 0.6 is 11.8 Å². The molecule has 1 saturated carbocycles. The number of rotatable bonds is 4. The molecule has 0 radical (unpaired) electrons. The molecule has 2 aliphatic rings. The van der Waals surface area contributed by atoms with Gasteiger partial charge in [0, 0.05) is 13.1 Å². The lowest BCUT2D eigenvalue weighted by Crippen LogP contribution is -2.45. The van der Waals surface area contributed by atoms with Gasteiger partial charge in [0.05, 0.1) is 11.4 Å². The van der Waals surface area contributed by atoms with E-state index in [0.717, 1.165) is 24.7 Å². The first kappa shape index (κ1) is 16.6. The Morgan fingerprint density at radius 3 is 2.76 bits per heavy atom. The normalized spacial score (nSPS) is 23.3. The summed E-state index contributed by atoms with van der Waals surface area (Å²) in [6, 6.07) is 9.77. The third-order valence-electron chi connectivity index (χ3n) is 5.41. The third kappa shape index (κ3) is 3.71. The second-order valence-corrected chi connectivity index (χ2v) is 7.87. The SMILES string of the molecule is O=C(CSc1nnnn1-c1ccccc1)N1CC[C@H]2CCCC[C@H]2C1. The fraction of sp³-hybridized carbons (Fsp3) is 0.556. The zero-order valence-electron chi connectivity index (χ0n) is 14.3. The zero-order chi connectivity index (χ0) is 17.1. The van der Waals surface area contributed by atoms with E-state index in [9.17, 15) is 4.79 Å². The molecule has 7 heteroatoms. The van der Waals surface area contributed by atoms with Gasteiger partial charge >= 0.3 is 0 Å². The van der Waals surface area contributed by atoms with Crippen molar-refractivity contribution in [1.82, 2.24) is 25.1 Å². The van der Waals surface area contributed by atoms with E-state index in [1.165, 1.54) is 43.9 Å². The molecule has 2 fully saturated rings. The molecule has 1 aromatic carbocycles. The van der Waals surface area contributed by atoms with E-state index in [0.29, 0.717) is 16.8 Å². The van der Waals surface area contributed by atoms with Gasteiger partial charge < -0.3 is 4.90 Å². The minimum atomic E-state index is 0.205. The number of piperidine rings is 1. The Morgan fingerprint density at radius 2 is 1.92 bits per heavy atom. The van der Waals surface area contributed by atoms with Crippen molar-refractivity contribution < 1.29 is 4.79 Å². The molecule has 0 bridgehead atoms. The Balaban J connectivity index is 1.36. The smallest absolute Gasteiger partial charge is 0.233 e. The van der Waals surface area contributed by atoms with Gasteiger partial charge in [-0.25, -0.2) is 0 Å². The van der Waals surface area contributed by atoms with Crippen LogP contribution in [-0.4, -0.2) is 49.9 Å². The molecule has 1 aliphatic carbocycles. The monoisotopic (exact) mass is 357 g/mol. The van der Waals surface area contributed by atoms with Gasteiger partial charge in [0.15, 0.2) is 0 Å². The zero-order valence-corrected chi connectivity index (χ0v) is 15.1. The van der Waals surface area contributed by atoms with Crippen molar-refractivity contribution in [2.75, 3.05) is 18.8 Å². The van der Waals surface area contributed by atoms with Crippen LogP contribution in [0.15, 0.2) is 35.5 Å². The molecule has 1 saturated heterocycles. The van der Waals surface area contributed by atoms with Crippen molar-refractivity contribution in [1.29, 1.82) is 0 Å². The first-order chi connectivity index (χ1) is 12.3. The molecule has 6 nitrogen and oxygen atoms in total. The molecule has 2 heterocycles. The number of hydrogen-bond donors (Lipinski definition) is 0. The van der Waals surface area contributed by atoms with Crippen LogP contribution in [0.3, 0.4) is 0 Å². The molecule has 1 aliphatic heterocycles. The number of carbonyl (C=O) groups excluding carboxylic acids is 1. The van der Waals surface area contributed by atoms with Crippen LogP contribution in [0.1, 0.15) is 32.1 Å². The summed E-state index contributed by atoms with van der Waals surface area (Å²) in [5.74, 6) is 2.16. The molecule has 2 atom stereocenters. The number of thioether (sulfide) groups is 1. The predicted octanol–water partition coefficient (Wildman–Crippen LogP) is 2.79. The van der Waals surface area contributed by atoms with E-state index in [-0.39, 0.29) is 5.91 Å². The van der Waals surface area contributed by atoms with E-state index in [1.807, 2.05) is 30.3 Å². The summed E-state index contributed by atoms with van der Waals surface area (Å²) in [5.41, 5.74) is 0.908. The first-order valence-electron chi connectivity index (χ1n) is 9.05. The predicted molar refractivity (Wildman–Crippen MR) is 96.5 cm³/mol. The van der Waals surface area contributed by atoms with E-state index in [1.54, 1.807) is 4.68 Å². The first-order valence-corrected chi connectivity index (χ1v) is 10.0. The second kappa shape index (κ2) is 7.56. The summed E-state index contributed by atoms with van der Waals surface area (Å²) in [5, 5.41) is 12.5. The van der Waals surface area contributed by atoms with Crippen molar-refractivity contribution in [3.05, 3.63) is 30.3 Å². The summed E-state index contributed by atoms with van der Waals surface area (Å²) in [4.78, 5) is 14.7. The Hall–Kier alpha value is -1.89. The van der Waals surface area contributed by atoms with Gasteiger partial charge in [-0.1, -0.05) is 49.2 Å². The summed E-state index contributed by atoms with van der Waals surface area (Å²) in [7, 11) is 0. The lowest BCUT2D eigenvalue weighted by atomic mass is 9.75. The quantitative estimate of drug-likeness (QED) is 0.787. The maximum atomic E-state index is 12.6. The number of nitrogens with zero attached hydrogens (tertiary/aromatic N) is 5. The maximum absolute atomic E-state index is 12.6. The van der Waals surface area contributed by atoms with Gasteiger partial charge in [-0.3, -0.25) is 4.79 Å². The average molecular weight is 357 g/mol. The Bertz CT molecular complexity index is 719. The van der Waals surface area contributed by atoms with Crippen molar-refractivity contribution >= 4 is 17.7 Å². The lowest BCUT2D eigenvalue weighted by Gasteiger charge is -2.41. The molecule has 0 spiro atoms. The molecule has 0 N–H and O–H groups in total. The fourth-order valence-corrected chi connectivity index (χ4v) is 4.84. The highest BCUT2D eigenvalue weighted by Crippen LogP contribution is 2.36. The largest absolute Gasteiger partial charge is 0.342 e. The van der Waals surface area contributed by atoms with Gasteiger partial charge in [-0.15, -0.1) is 5.10 Å². The fourth-order valence-electron chi connectivity index (χ4n) is 4.05. The van der Waals surface area contributed by atoms with Crippen LogP contribution in [0.5, 0.6) is 0 Å². The van der Waals surface area contributed by atoms with Crippen LogP contribution in [-0.2, 0) is 4.79 Å². The molecule has 1 amide bonds. The topological polar surface area (TPSA) is 63.9 Å². The van der Waals surface area contributed by atoms with E-state index in [4.69, 9.17) is 0 Å².